The van der Waals surface area contributed by atoms with Gasteiger partial charge in [0.25, 0.3) is 0 Å². The van der Waals surface area contributed by atoms with Gasteiger partial charge in [0.2, 0.25) is 0 Å². The van der Waals surface area contributed by atoms with Crippen LogP contribution in [0.1, 0.15) is 44.2 Å². The Kier molecular flexibility index (Phi) is 4.60. The van der Waals surface area contributed by atoms with Gasteiger partial charge in [0.1, 0.15) is 5.54 Å². The Morgan fingerprint density at radius 1 is 1.30 bits per heavy atom. The number of imidazole rings is 1. The van der Waals surface area contributed by atoms with Crippen LogP contribution in [0.4, 0.5) is 4.79 Å². The Labute approximate surface area is 117 Å². The summed E-state index contributed by atoms with van der Waals surface area (Å²) >= 11 is 0. The topological polar surface area (TPSA) is 107 Å². The maximum absolute atomic E-state index is 11.9. The van der Waals surface area contributed by atoms with Crippen LogP contribution in [0.2, 0.25) is 0 Å². The molecule has 1 aromatic heterocycles. The van der Waals surface area contributed by atoms with Crippen molar-refractivity contribution in [3.05, 3.63) is 18.2 Å². The third kappa shape index (κ3) is 3.49. The van der Waals surface area contributed by atoms with Crippen molar-refractivity contribution in [3.8, 4) is 0 Å². The molecule has 2 amide bonds. The molecule has 1 fully saturated rings. The van der Waals surface area contributed by atoms with Gasteiger partial charge in [-0.05, 0) is 12.8 Å². The van der Waals surface area contributed by atoms with Crippen LogP contribution < -0.4 is 10.6 Å². The molecule has 1 heterocycles. The van der Waals surface area contributed by atoms with E-state index in [0.717, 1.165) is 31.4 Å². The molecule has 0 saturated heterocycles. The lowest BCUT2D eigenvalue weighted by atomic mass is 9.90. The van der Waals surface area contributed by atoms with E-state index in [1.54, 1.807) is 6.20 Å². The fourth-order valence-corrected chi connectivity index (χ4v) is 2.54. The largest absolute Gasteiger partial charge is 0.480 e. The van der Waals surface area contributed by atoms with E-state index in [1.807, 2.05) is 0 Å². The lowest BCUT2D eigenvalue weighted by Gasteiger charge is -2.29. The van der Waals surface area contributed by atoms with Crippen LogP contribution in [0, 0.1) is 0 Å². The zero-order valence-electron chi connectivity index (χ0n) is 11.3. The molecule has 1 aliphatic carbocycles. The molecule has 1 aromatic rings. The number of carbonyl (C=O) groups excluding carboxylic acids is 1. The number of aliphatic carboxylic acids is 1. The summed E-state index contributed by atoms with van der Waals surface area (Å²) in [6.45, 7) is 0.293. The number of aromatic nitrogens is 2. The standard InChI is InChI=1S/C13H20N4O3/c18-11(19)13(5-3-1-2-4-6-13)17-12(20)15-8-10-7-14-9-16-10/h7,9H,1-6,8H2,(H,14,16)(H,18,19)(H2,15,17,20). The number of carbonyl (C=O) groups is 2. The molecule has 7 nitrogen and oxygen atoms in total. The predicted molar refractivity (Wildman–Crippen MR) is 72.0 cm³/mol. The van der Waals surface area contributed by atoms with E-state index in [4.69, 9.17) is 0 Å². The molecule has 0 spiro atoms. The summed E-state index contributed by atoms with van der Waals surface area (Å²) in [4.78, 5) is 30.2. The van der Waals surface area contributed by atoms with Gasteiger partial charge in [-0.3, -0.25) is 0 Å². The number of carboxylic acids is 1. The van der Waals surface area contributed by atoms with Crippen LogP contribution in [0.15, 0.2) is 12.5 Å². The minimum absolute atomic E-state index is 0.293. The van der Waals surface area contributed by atoms with Crippen LogP contribution in [-0.2, 0) is 11.3 Å². The quantitative estimate of drug-likeness (QED) is 0.625. The molecule has 7 heteroatoms. The van der Waals surface area contributed by atoms with E-state index >= 15 is 0 Å². The summed E-state index contributed by atoms with van der Waals surface area (Å²) in [6.07, 6.45) is 7.80. The molecule has 0 unspecified atom stereocenters. The lowest BCUT2D eigenvalue weighted by Crippen LogP contribution is -2.56. The highest BCUT2D eigenvalue weighted by Gasteiger charge is 2.39. The zero-order chi connectivity index (χ0) is 14.4. The van der Waals surface area contributed by atoms with Crippen molar-refractivity contribution in [3.63, 3.8) is 0 Å². The predicted octanol–water partition coefficient (Wildman–Crippen LogP) is 1.39. The molecule has 1 aliphatic rings. The highest BCUT2D eigenvalue weighted by atomic mass is 16.4. The number of aromatic amines is 1. The van der Waals surface area contributed by atoms with Gasteiger partial charge >= 0.3 is 12.0 Å². The Hall–Kier alpha value is -2.05. The van der Waals surface area contributed by atoms with Crippen molar-refractivity contribution < 1.29 is 14.7 Å². The van der Waals surface area contributed by atoms with Crippen LogP contribution in [0.25, 0.3) is 0 Å². The number of amides is 2. The molecule has 1 saturated carbocycles. The average Bonchev–Trinajstić information content (AvgIpc) is 2.82. The number of carboxylic acid groups (broad SMARTS) is 1. The monoisotopic (exact) mass is 280 g/mol. The molecule has 2 rings (SSSR count). The van der Waals surface area contributed by atoms with Crippen molar-refractivity contribution in [1.29, 1.82) is 0 Å². The Morgan fingerprint density at radius 2 is 2.00 bits per heavy atom. The van der Waals surface area contributed by atoms with Gasteiger partial charge in [-0.25, -0.2) is 14.6 Å². The number of nitrogens with one attached hydrogen (secondary N) is 3. The first-order valence-corrected chi connectivity index (χ1v) is 6.89. The summed E-state index contributed by atoms with van der Waals surface area (Å²) in [5.41, 5.74) is -0.362. The van der Waals surface area contributed by atoms with Gasteiger partial charge < -0.3 is 20.7 Å². The average molecular weight is 280 g/mol. The molecule has 0 aliphatic heterocycles. The summed E-state index contributed by atoms with van der Waals surface area (Å²) < 4.78 is 0. The third-order valence-electron chi connectivity index (χ3n) is 3.71. The molecule has 110 valence electrons. The molecule has 4 N–H and O–H groups in total. The second-order valence-electron chi connectivity index (χ2n) is 5.19. The summed E-state index contributed by atoms with van der Waals surface area (Å²) in [6, 6.07) is -0.455. The van der Waals surface area contributed by atoms with E-state index in [-0.39, 0.29) is 0 Å². The van der Waals surface area contributed by atoms with Gasteiger partial charge in [-0.2, -0.15) is 0 Å². The molecular formula is C13H20N4O3. The minimum atomic E-state index is -1.13. The number of H-pyrrole nitrogens is 1. The summed E-state index contributed by atoms with van der Waals surface area (Å²) in [5, 5.41) is 14.8. The second-order valence-corrected chi connectivity index (χ2v) is 5.19. The Balaban J connectivity index is 1.93. The number of nitrogens with zero attached hydrogens (tertiary/aromatic N) is 1. The lowest BCUT2D eigenvalue weighted by molar-refractivity contribution is -0.145. The zero-order valence-corrected chi connectivity index (χ0v) is 11.3. The van der Waals surface area contributed by atoms with E-state index < -0.39 is 17.5 Å². The van der Waals surface area contributed by atoms with Gasteiger partial charge in [-0.1, -0.05) is 25.7 Å². The molecule has 0 bridgehead atoms. The van der Waals surface area contributed by atoms with Crippen molar-refractivity contribution in [2.45, 2.75) is 50.6 Å². The fourth-order valence-electron chi connectivity index (χ4n) is 2.54. The second kappa shape index (κ2) is 6.40. The summed E-state index contributed by atoms with van der Waals surface area (Å²) in [7, 11) is 0. The number of hydrogen-bond donors (Lipinski definition) is 4. The van der Waals surface area contributed by atoms with Crippen molar-refractivity contribution >= 4 is 12.0 Å². The molecular weight excluding hydrogens is 260 g/mol. The highest BCUT2D eigenvalue weighted by molar-refractivity contribution is 5.86. The smallest absolute Gasteiger partial charge is 0.329 e. The molecule has 0 radical (unpaired) electrons. The van der Waals surface area contributed by atoms with Crippen LogP contribution >= 0.6 is 0 Å². The first-order valence-electron chi connectivity index (χ1n) is 6.89. The van der Waals surface area contributed by atoms with Crippen LogP contribution in [0.3, 0.4) is 0 Å². The van der Waals surface area contributed by atoms with E-state index in [2.05, 4.69) is 20.6 Å². The summed E-state index contributed by atoms with van der Waals surface area (Å²) in [5.74, 6) is -0.948. The minimum Gasteiger partial charge on any atom is -0.480 e. The van der Waals surface area contributed by atoms with Crippen molar-refractivity contribution in [2.24, 2.45) is 0 Å². The van der Waals surface area contributed by atoms with Crippen LogP contribution in [0.5, 0.6) is 0 Å². The SMILES string of the molecule is O=C(NCc1cnc[nH]1)NC1(C(=O)O)CCCCCC1. The molecule has 0 aromatic carbocycles. The maximum atomic E-state index is 11.9. The van der Waals surface area contributed by atoms with E-state index in [9.17, 15) is 14.7 Å². The number of hydrogen-bond acceptors (Lipinski definition) is 3. The van der Waals surface area contributed by atoms with E-state index in [0.29, 0.717) is 19.4 Å². The van der Waals surface area contributed by atoms with Crippen LogP contribution in [-0.4, -0.2) is 32.6 Å². The van der Waals surface area contributed by atoms with Gasteiger partial charge in [-0.15, -0.1) is 0 Å². The highest BCUT2D eigenvalue weighted by Crippen LogP contribution is 2.27. The first-order chi connectivity index (χ1) is 9.62. The molecule has 0 atom stereocenters. The number of urea groups is 1. The number of rotatable bonds is 4. The first kappa shape index (κ1) is 14.4. The maximum Gasteiger partial charge on any atom is 0.329 e. The van der Waals surface area contributed by atoms with Gasteiger partial charge in [0.05, 0.1) is 18.6 Å². The van der Waals surface area contributed by atoms with Gasteiger partial charge in [0.15, 0.2) is 0 Å². The molecule has 20 heavy (non-hydrogen) atoms. The van der Waals surface area contributed by atoms with E-state index in [1.165, 1.54) is 6.33 Å². The van der Waals surface area contributed by atoms with Crippen molar-refractivity contribution in [2.75, 3.05) is 0 Å². The Bertz CT molecular complexity index is 450. The Morgan fingerprint density at radius 3 is 2.55 bits per heavy atom. The normalized spacial score (nSPS) is 18.0. The fraction of sp³-hybridized carbons (Fsp3) is 0.615. The van der Waals surface area contributed by atoms with Gasteiger partial charge in [0, 0.05) is 6.20 Å². The third-order valence-corrected chi connectivity index (χ3v) is 3.71. The van der Waals surface area contributed by atoms with Crippen molar-refractivity contribution in [1.82, 2.24) is 20.6 Å².